The molecule has 3 heterocycles. The van der Waals surface area contributed by atoms with Gasteiger partial charge in [-0.1, -0.05) is 6.07 Å². The van der Waals surface area contributed by atoms with Crippen molar-refractivity contribution in [3.05, 3.63) is 46.9 Å². The third-order valence-corrected chi connectivity index (χ3v) is 5.49. The summed E-state index contributed by atoms with van der Waals surface area (Å²) >= 11 is 1.82. The Bertz CT molecular complexity index is 677. The maximum absolute atomic E-state index is 5.69. The third kappa shape index (κ3) is 7.21. The summed E-state index contributed by atoms with van der Waals surface area (Å²) in [6.07, 6.45) is 6.04. The second kappa shape index (κ2) is 12.9. The van der Waals surface area contributed by atoms with Crippen molar-refractivity contribution in [1.82, 2.24) is 20.5 Å². The molecule has 0 saturated carbocycles. The molecule has 154 valence electrons. The van der Waals surface area contributed by atoms with Gasteiger partial charge in [-0.2, -0.15) is 0 Å². The lowest BCUT2D eigenvalue weighted by atomic mass is 10.2. The van der Waals surface area contributed by atoms with Crippen LogP contribution in [0.25, 0.3) is 0 Å². The lowest BCUT2D eigenvalue weighted by molar-refractivity contribution is 0.255. The molecule has 6 nitrogen and oxygen atoms in total. The first kappa shape index (κ1) is 22.9. The highest BCUT2D eigenvalue weighted by atomic mass is 127. The summed E-state index contributed by atoms with van der Waals surface area (Å²) in [5, 5.41) is 8.84. The van der Waals surface area contributed by atoms with Gasteiger partial charge in [-0.05, 0) is 56.4 Å². The van der Waals surface area contributed by atoms with Gasteiger partial charge in [-0.25, -0.2) is 0 Å². The van der Waals surface area contributed by atoms with Crippen LogP contribution < -0.4 is 15.4 Å². The zero-order chi connectivity index (χ0) is 18.7. The minimum absolute atomic E-state index is 0. The van der Waals surface area contributed by atoms with Crippen molar-refractivity contribution in [2.45, 2.75) is 25.8 Å². The minimum atomic E-state index is 0. The molecule has 1 fully saturated rings. The Morgan fingerprint density at radius 3 is 2.82 bits per heavy atom. The maximum Gasteiger partial charge on any atom is 0.191 e. The predicted molar refractivity (Wildman–Crippen MR) is 127 cm³/mol. The van der Waals surface area contributed by atoms with Gasteiger partial charge < -0.3 is 15.4 Å². The van der Waals surface area contributed by atoms with Crippen molar-refractivity contribution >= 4 is 41.3 Å². The van der Waals surface area contributed by atoms with Crippen LogP contribution in [0.15, 0.2) is 47.0 Å². The topological polar surface area (TPSA) is 61.8 Å². The SMILES string of the molecule is CCNC(=NCC(c1cccs1)N1CCCC1)NCCOc1cccnc1.I. The first-order chi connectivity index (χ1) is 13.4. The second-order valence-corrected chi connectivity index (χ2v) is 7.44. The number of rotatable bonds is 9. The quantitative estimate of drug-likeness (QED) is 0.232. The highest BCUT2D eigenvalue weighted by Gasteiger charge is 2.24. The van der Waals surface area contributed by atoms with Crippen molar-refractivity contribution in [3.63, 3.8) is 0 Å². The molecule has 1 aliphatic heterocycles. The van der Waals surface area contributed by atoms with E-state index in [-0.39, 0.29) is 24.0 Å². The first-order valence-corrected chi connectivity index (χ1v) is 10.6. The van der Waals surface area contributed by atoms with E-state index in [2.05, 4.69) is 45.0 Å². The fraction of sp³-hybridized carbons (Fsp3) is 0.500. The van der Waals surface area contributed by atoms with E-state index < -0.39 is 0 Å². The van der Waals surface area contributed by atoms with Gasteiger partial charge in [0.1, 0.15) is 12.4 Å². The van der Waals surface area contributed by atoms with E-state index in [4.69, 9.17) is 9.73 Å². The van der Waals surface area contributed by atoms with Gasteiger partial charge in [0.15, 0.2) is 5.96 Å². The number of pyridine rings is 1. The highest BCUT2D eigenvalue weighted by Crippen LogP contribution is 2.28. The summed E-state index contributed by atoms with van der Waals surface area (Å²) in [7, 11) is 0. The summed E-state index contributed by atoms with van der Waals surface area (Å²) in [6, 6.07) is 8.51. The van der Waals surface area contributed by atoms with Gasteiger partial charge in [0.25, 0.3) is 0 Å². The van der Waals surface area contributed by atoms with Crippen molar-refractivity contribution in [2.75, 3.05) is 39.3 Å². The van der Waals surface area contributed by atoms with Gasteiger partial charge in [-0.15, -0.1) is 35.3 Å². The van der Waals surface area contributed by atoms with E-state index in [1.165, 1.54) is 30.8 Å². The molecule has 0 spiro atoms. The van der Waals surface area contributed by atoms with E-state index in [9.17, 15) is 0 Å². The third-order valence-electron chi connectivity index (χ3n) is 4.52. The van der Waals surface area contributed by atoms with Crippen LogP contribution in [0.2, 0.25) is 0 Å². The number of aromatic nitrogens is 1. The molecule has 1 saturated heterocycles. The number of guanidine groups is 1. The van der Waals surface area contributed by atoms with Gasteiger partial charge in [-0.3, -0.25) is 14.9 Å². The fourth-order valence-corrected chi connectivity index (χ4v) is 4.06. The lowest BCUT2D eigenvalue weighted by Crippen LogP contribution is -2.40. The molecule has 1 aliphatic rings. The summed E-state index contributed by atoms with van der Waals surface area (Å²) in [5.74, 6) is 1.63. The van der Waals surface area contributed by atoms with Crippen molar-refractivity contribution in [1.29, 1.82) is 0 Å². The molecule has 0 radical (unpaired) electrons. The molecule has 1 atom stereocenters. The van der Waals surface area contributed by atoms with E-state index >= 15 is 0 Å². The van der Waals surface area contributed by atoms with Crippen molar-refractivity contribution < 1.29 is 4.74 Å². The summed E-state index contributed by atoms with van der Waals surface area (Å²) in [5.41, 5.74) is 0. The fourth-order valence-electron chi connectivity index (χ4n) is 3.21. The molecular weight excluding hydrogens is 485 g/mol. The van der Waals surface area contributed by atoms with E-state index in [0.717, 1.165) is 24.8 Å². The van der Waals surface area contributed by atoms with Crippen LogP contribution in [-0.4, -0.2) is 55.2 Å². The molecule has 8 heteroatoms. The highest BCUT2D eigenvalue weighted by molar-refractivity contribution is 14.0. The smallest absolute Gasteiger partial charge is 0.191 e. The Morgan fingerprint density at radius 2 is 2.14 bits per heavy atom. The molecule has 0 aromatic carbocycles. The number of hydrogen-bond acceptors (Lipinski definition) is 5. The average molecular weight is 515 g/mol. The Labute approximate surface area is 188 Å². The van der Waals surface area contributed by atoms with Crippen LogP contribution >= 0.6 is 35.3 Å². The average Bonchev–Trinajstić information content (AvgIpc) is 3.41. The van der Waals surface area contributed by atoms with Crippen LogP contribution in [-0.2, 0) is 0 Å². The lowest BCUT2D eigenvalue weighted by Gasteiger charge is -2.25. The molecule has 0 aliphatic carbocycles. The standard InChI is InChI=1S/C20H29N5OS.HI/c1-2-22-20(23-10-13-26-17-7-5-9-21-15-17)24-16-18(19-8-6-14-27-19)25-11-3-4-12-25;/h5-9,14-15,18H,2-4,10-13,16H2,1H3,(H2,22,23,24);1H. The van der Waals surface area contributed by atoms with E-state index in [1.54, 1.807) is 12.4 Å². The molecule has 28 heavy (non-hydrogen) atoms. The normalized spacial score (nSPS) is 15.7. The zero-order valence-corrected chi connectivity index (χ0v) is 19.5. The van der Waals surface area contributed by atoms with Gasteiger partial charge in [0.05, 0.1) is 25.3 Å². The molecule has 2 aromatic rings. The van der Waals surface area contributed by atoms with Gasteiger partial charge in [0, 0.05) is 17.6 Å². The molecule has 2 aromatic heterocycles. The number of nitrogens with zero attached hydrogens (tertiary/aromatic N) is 3. The van der Waals surface area contributed by atoms with Crippen molar-refractivity contribution in [2.24, 2.45) is 4.99 Å². The van der Waals surface area contributed by atoms with Crippen LogP contribution in [0.4, 0.5) is 0 Å². The molecule has 1 unspecified atom stereocenters. The molecule has 0 bridgehead atoms. The monoisotopic (exact) mass is 515 g/mol. The Balaban J connectivity index is 0.00000280. The number of likely N-dealkylation sites (tertiary alicyclic amines) is 1. The number of halogens is 1. The Hall–Kier alpha value is -1.39. The van der Waals surface area contributed by atoms with E-state index in [1.807, 2.05) is 23.5 Å². The predicted octanol–water partition coefficient (Wildman–Crippen LogP) is 3.53. The molecular formula is C20H30IN5OS. The van der Waals surface area contributed by atoms with Crippen LogP contribution in [0.3, 0.4) is 0 Å². The number of hydrogen-bond donors (Lipinski definition) is 2. The molecule has 0 amide bonds. The van der Waals surface area contributed by atoms with Gasteiger partial charge in [0.2, 0.25) is 0 Å². The first-order valence-electron chi connectivity index (χ1n) is 9.69. The molecule has 3 rings (SSSR count). The number of aliphatic imine (C=N–C) groups is 1. The second-order valence-electron chi connectivity index (χ2n) is 6.46. The Kier molecular flexibility index (Phi) is 10.6. The minimum Gasteiger partial charge on any atom is -0.490 e. The maximum atomic E-state index is 5.69. The van der Waals surface area contributed by atoms with Crippen LogP contribution in [0, 0.1) is 0 Å². The number of ether oxygens (including phenoxy) is 1. The Morgan fingerprint density at radius 1 is 1.29 bits per heavy atom. The molecule has 2 N–H and O–H groups in total. The van der Waals surface area contributed by atoms with Gasteiger partial charge >= 0.3 is 0 Å². The summed E-state index contributed by atoms with van der Waals surface area (Å²) in [4.78, 5) is 12.9. The number of thiophene rings is 1. The largest absolute Gasteiger partial charge is 0.490 e. The zero-order valence-electron chi connectivity index (χ0n) is 16.3. The summed E-state index contributed by atoms with van der Waals surface area (Å²) < 4.78 is 5.69. The number of nitrogens with one attached hydrogen (secondary N) is 2. The van der Waals surface area contributed by atoms with Crippen LogP contribution in [0.1, 0.15) is 30.7 Å². The summed E-state index contributed by atoms with van der Waals surface area (Å²) in [6.45, 7) is 7.27. The van der Waals surface area contributed by atoms with Crippen molar-refractivity contribution in [3.8, 4) is 5.75 Å². The van der Waals surface area contributed by atoms with E-state index in [0.29, 0.717) is 19.2 Å². The van der Waals surface area contributed by atoms with Crippen LogP contribution in [0.5, 0.6) is 5.75 Å².